The predicted molar refractivity (Wildman–Crippen MR) is 143 cm³/mol. The van der Waals surface area contributed by atoms with Crippen molar-refractivity contribution in [3.8, 4) is 22.0 Å². The van der Waals surface area contributed by atoms with Gasteiger partial charge in [-0.05, 0) is 50.2 Å². The molecule has 1 amide bonds. The van der Waals surface area contributed by atoms with E-state index in [0.29, 0.717) is 17.9 Å². The maximum absolute atomic E-state index is 11.8. The van der Waals surface area contributed by atoms with Crippen LogP contribution in [0.1, 0.15) is 80.4 Å². The van der Waals surface area contributed by atoms with Crippen molar-refractivity contribution in [3.63, 3.8) is 0 Å². The van der Waals surface area contributed by atoms with E-state index in [1.165, 1.54) is 37.7 Å². The van der Waals surface area contributed by atoms with Crippen molar-refractivity contribution in [1.29, 1.82) is 0 Å². The van der Waals surface area contributed by atoms with E-state index in [1.54, 1.807) is 17.4 Å². The molecule has 2 aromatic heterocycles. The molecule has 1 aliphatic rings. The summed E-state index contributed by atoms with van der Waals surface area (Å²) in [6.07, 6.45) is 8.73. The van der Waals surface area contributed by atoms with E-state index in [0.717, 1.165) is 47.0 Å². The van der Waals surface area contributed by atoms with Gasteiger partial charge in [-0.25, -0.2) is 9.78 Å². The van der Waals surface area contributed by atoms with Crippen LogP contribution in [0.4, 0.5) is 0 Å². The lowest BCUT2D eigenvalue weighted by Crippen LogP contribution is -2.16. The van der Waals surface area contributed by atoms with Crippen molar-refractivity contribution < 1.29 is 14.7 Å². The number of aromatic carboxylic acids is 1. The second kappa shape index (κ2) is 12.7. The SMILES string of the molecule is CCCC(N)=O.CCc1ccc(-c2nc(-c3cc(C(=O)O)c(C)n3CC3CCCCC3)cs2)cc1. The van der Waals surface area contributed by atoms with Gasteiger partial charge >= 0.3 is 5.97 Å². The smallest absolute Gasteiger partial charge is 0.337 e. The van der Waals surface area contributed by atoms with Crippen LogP contribution in [0.2, 0.25) is 0 Å². The highest BCUT2D eigenvalue weighted by atomic mass is 32.1. The first-order valence-electron chi connectivity index (χ1n) is 12.6. The Kier molecular flexibility index (Phi) is 9.66. The van der Waals surface area contributed by atoms with Crippen LogP contribution >= 0.6 is 11.3 Å². The molecule has 0 atom stereocenters. The standard InChI is InChI=1S/C24H28N2O2S.C4H9NO/c1-3-17-9-11-19(12-10-17)23-25-21(15-29-23)22-13-20(24(27)28)16(2)26(22)14-18-7-5-4-6-8-18;1-2-3-4(5)6/h9-13,15,18H,3-8,14H2,1-2H3,(H,27,28);2-3H2,1H3,(H2,5,6). The second-order valence-electron chi connectivity index (χ2n) is 9.25. The first-order chi connectivity index (χ1) is 16.8. The first kappa shape index (κ1) is 26.7. The van der Waals surface area contributed by atoms with Crippen molar-refractivity contribution in [2.24, 2.45) is 11.7 Å². The third-order valence-corrected chi connectivity index (χ3v) is 7.53. The van der Waals surface area contributed by atoms with Gasteiger partial charge in [0.2, 0.25) is 5.91 Å². The second-order valence-corrected chi connectivity index (χ2v) is 10.1. The zero-order valence-electron chi connectivity index (χ0n) is 21.0. The van der Waals surface area contributed by atoms with Crippen LogP contribution in [0.25, 0.3) is 22.0 Å². The van der Waals surface area contributed by atoms with Crippen molar-refractivity contribution in [2.45, 2.75) is 78.7 Å². The number of carboxylic acid groups (broad SMARTS) is 1. The Hall–Kier alpha value is -2.93. The lowest BCUT2D eigenvalue weighted by molar-refractivity contribution is -0.118. The van der Waals surface area contributed by atoms with Gasteiger partial charge in [-0.3, -0.25) is 4.79 Å². The van der Waals surface area contributed by atoms with E-state index in [1.807, 2.05) is 13.8 Å². The summed E-state index contributed by atoms with van der Waals surface area (Å²) in [5.74, 6) is -0.454. The molecule has 188 valence electrons. The van der Waals surface area contributed by atoms with Gasteiger partial charge in [0.05, 0.1) is 17.0 Å². The number of carbonyl (C=O) groups is 2. The molecule has 7 heteroatoms. The largest absolute Gasteiger partial charge is 0.478 e. The summed E-state index contributed by atoms with van der Waals surface area (Å²) in [6, 6.07) is 10.3. The van der Waals surface area contributed by atoms with E-state index >= 15 is 0 Å². The molecule has 0 unspecified atom stereocenters. The quantitative estimate of drug-likeness (QED) is 0.363. The van der Waals surface area contributed by atoms with Crippen molar-refractivity contribution in [2.75, 3.05) is 0 Å². The number of rotatable bonds is 8. The summed E-state index contributed by atoms with van der Waals surface area (Å²) in [5.41, 5.74) is 10.2. The van der Waals surface area contributed by atoms with Crippen LogP contribution in [0.5, 0.6) is 0 Å². The van der Waals surface area contributed by atoms with Crippen LogP contribution in [-0.4, -0.2) is 26.5 Å². The summed E-state index contributed by atoms with van der Waals surface area (Å²) in [5, 5.41) is 12.7. The number of aryl methyl sites for hydroxylation is 1. The van der Waals surface area contributed by atoms with Gasteiger partial charge in [0, 0.05) is 29.6 Å². The highest BCUT2D eigenvalue weighted by Gasteiger charge is 2.23. The Morgan fingerprint density at radius 3 is 2.37 bits per heavy atom. The number of carboxylic acids is 1. The number of thiazole rings is 1. The number of nitrogens with two attached hydrogens (primary N) is 1. The van der Waals surface area contributed by atoms with Gasteiger partial charge in [0.1, 0.15) is 5.01 Å². The van der Waals surface area contributed by atoms with Gasteiger partial charge in [0.25, 0.3) is 0 Å². The maximum atomic E-state index is 11.8. The van der Waals surface area contributed by atoms with E-state index < -0.39 is 5.97 Å². The Bertz CT molecular complexity index is 1130. The summed E-state index contributed by atoms with van der Waals surface area (Å²) < 4.78 is 2.19. The Labute approximate surface area is 212 Å². The fourth-order valence-corrected chi connectivity index (χ4v) is 5.41. The zero-order valence-corrected chi connectivity index (χ0v) is 21.9. The van der Waals surface area contributed by atoms with Gasteiger partial charge in [-0.15, -0.1) is 11.3 Å². The molecule has 4 rings (SSSR count). The Balaban J connectivity index is 0.000000509. The predicted octanol–water partition coefficient (Wildman–Crippen LogP) is 6.70. The zero-order chi connectivity index (χ0) is 25.4. The molecule has 35 heavy (non-hydrogen) atoms. The lowest BCUT2D eigenvalue weighted by atomic mass is 9.89. The highest BCUT2D eigenvalue weighted by molar-refractivity contribution is 7.13. The summed E-state index contributed by atoms with van der Waals surface area (Å²) in [7, 11) is 0. The van der Waals surface area contributed by atoms with Crippen LogP contribution in [0.15, 0.2) is 35.7 Å². The molecule has 1 saturated carbocycles. The Morgan fingerprint density at radius 1 is 1.14 bits per heavy atom. The Morgan fingerprint density at radius 2 is 1.83 bits per heavy atom. The molecule has 0 bridgehead atoms. The molecule has 0 spiro atoms. The van der Waals surface area contributed by atoms with Crippen LogP contribution < -0.4 is 5.73 Å². The summed E-state index contributed by atoms with van der Waals surface area (Å²) in [4.78, 5) is 26.5. The molecule has 1 aromatic carbocycles. The van der Waals surface area contributed by atoms with Crippen molar-refractivity contribution >= 4 is 23.2 Å². The monoisotopic (exact) mass is 495 g/mol. The molecule has 0 radical (unpaired) electrons. The fraction of sp³-hybridized carbons (Fsp3) is 0.464. The summed E-state index contributed by atoms with van der Waals surface area (Å²) in [6.45, 7) is 6.88. The minimum atomic E-state index is -0.864. The molecular weight excluding hydrogens is 458 g/mol. The molecule has 0 saturated heterocycles. The fourth-order valence-electron chi connectivity index (χ4n) is 4.59. The molecule has 1 fully saturated rings. The molecule has 0 aliphatic heterocycles. The number of benzene rings is 1. The number of carbonyl (C=O) groups excluding carboxylic acids is 1. The average Bonchev–Trinajstić information content (AvgIpc) is 3.46. The number of hydrogen-bond donors (Lipinski definition) is 2. The first-order valence-corrected chi connectivity index (χ1v) is 13.5. The molecule has 6 nitrogen and oxygen atoms in total. The molecule has 2 heterocycles. The van der Waals surface area contributed by atoms with E-state index in [2.05, 4.69) is 41.1 Å². The minimum Gasteiger partial charge on any atom is -0.478 e. The lowest BCUT2D eigenvalue weighted by Gasteiger charge is -2.24. The van der Waals surface area contributed by atoms with E-state index in [-0.39, 0.29) is 5.91 Å². The van der Waals surface area contributed by atoms with Crippen molar-refractivity contribution in [1.82, 2.24) is 9.55 Å². The van der Waals surface area contributed by atoms with E-state index in [4.69, 9.17) is 10.7 Å². The highest BCUT2D eigenvalue weighted by Crippen LogP contribution is 2.34. The summed E-state index contributed by atoms with van der Waals surface area (Å²) >= 11 is 1.62. The van der Waals surface area contributed by atoms with Crippen LogP contribution in [0.3, 0.4) is 0 Å². The number of nitrogens with zero attached hydrogens (tertiary/aromatic N) is 2. The van der Waals surface area contributed by atoms with Gasteiger partial charge in [-0.1, -0.05) is 57.4 Å². The van der Waals surface area contributed by atoms with Gasteiger partial charge in [-0.2, -0.15) is 0 Å². The number of primary amides is 1. The van der Waals surface area contributed by atoms with Gasteiger partial charge < -0.3 is 15.4 Å². The maximum Gasteiger partial charge on any atom is 0.337 e. The van der Waals surface area contributed by atoms with Gasteiger partial charge in [0.15, 0.2) is 0 Å². The van der Waals surface area contributed by atoms with Crippen molar-refractivity contribution in [3.05, 3.63) is 52.5 Å². The van der Waals surface area contributed by atoms with Crippen LogP contribution in [0, 0.1) is 12.8 Å². The molecular formula is C28H37N3O3S. The number of hydrogen-bond acceptors (Lipinski definition) is 4. The molecule has 1 aliphatic carbocycles. The number of amides is 1. The van der Waals surface area contributed by atoms with Crippen LogP contribution in [-0.2, 0) is 17.8 Å². The minimum absolute atomic E-state index is 0.211. The normalized spacial score (nSPS) is 13.8. The molecule has 3 aromatic rings. The average molecular weight is 496 g/mol. The molecule has 3 N–H and O–H groups in total. The third-order valence-electron chi connectivity index (χ3n) is 6.63. The van der Waals surface area contributed by atoms with E-state index in [9.17, 15) is 14.7 Å². The topological polar surface area (TPSA) is 98.2 Å². The number of aromatic nitrogens is 2. The third kappa shape index (κ3) is 7.04.